The first kappa shape index (κ1) is 24.7. The van der Waals surface area contributed by atoms with Crippen molar-refractivity contribution < 1.29 is 14.3 Å². The van der Waals surface area contributed by atoms with Crippen molar-refractivity contribution in [3.63, 3.8) is 0 Å². The molecule has 0 radical (unpaired) electrons. The predicted octanol–water partition coefficient (Wildman–Crippen LogP) is 6.04. The lowest BCUT2D eigenvalue weighted by molar-refractivity contribution is 0.0236. The Morgan fingerprint density at radius 1 is 1.14 bits per heavy atom. The number of aromatic hydroxyl groups is 1. The number of rotatable bonds is 6. The highest BCUT2D eigenvalue weighted by Gasteiger charge is 2.31. The number of aryl methyl sites for hydroxylation is 2. The molecule has 7 heteroatoms. The van der Waals surface area contributed by atoms with Crippen LogP contribution in [0.5, 0.6) is 5.75 Å². The monoisotopic (exact) mass is 504 g/mol. The second-order valence-corrected chi connectivity index (χ2v) is 10.5. The Balaban J connectivity index is 1.76. The largest absolute Gasteiger partial charge is 0.507 e. The molecular formula is C29H32N2O4S. The van der Waals surface area contributed by atoms with E-state index in [9.17, 15) is 9.90 Å². The van der Waals surface area contributed by atoms with E-state index in [1.165, 1.54) is 23.2 Å². The molecule has 1 aliphatic rings. The lowest BCUT2D eigenvalue weighted by atomic mass is 9.90. The third-order valence-electron chi connectivity index (χ3n) is 6.98. The van der Waals surface area contributed by atoms with Crippen molar-refractivity contribution in [2.24, 2.45) is 0 Å². The molecule has 1 N–H and O–H groups in total. The van der Waals surface area contributed by atoms with Gasteiger partial charge in [0.15, 0.2) is 0 Å². The SMILES string of the molecule is CCc1cc2c(=O)c(-c3nc(C)cs3)coc2c([C@H](c2ccc(C(C)C)cc2)N2CCOCC2)c1O. The zero-order chi connectivity index (χ0) is 25.4. The van der Waals surface area contributed by atoms with E-state index < -0.39 is 0 Å². The van der Waals surface area contributed by atoms with E-state index in [0.717, 1.165) is 16.8 Å². The molecule has 3 heterocycles. The fourth-order valence-corrected chi connectivity index (χ4v) is 5.75. The zero-order valence-corrected chi connectivity index (χ0v) is 22.0. The van der Waals surface area contributed by atoms with Gasteiger partial charge in [-0.3, -0.25) is 9.69 Å². The summed E-state index contributed by atoms with van der Waals surface area (Å²) in [6, 6.07) is 10.1. The van der Waals surface area contributed by atoms with Gasteiger partial charge < -0.3 is 14.3 Å². The summed E-state index contributed by atoms with van der Waals surface area (Å²) in [5.74, 6) is 0.611. The van der Waals surface area contributed by atoms with Crippen LogP contribution in [-0.4, -0.2) is 41.3 Å². The molecule has 1 saturated heterocycles. The van der Waals surface area contributed by atoms with Gasteiger partial charge in [0.25, 0.3) is 0 Å². The Hall–Kier alpha value is -3.00. The van der Waals surface area contributed by atoms with Crippen LogP contribution in [0.25, 0.3) is 21.5 Å². The first-order valence-corrected chi connectivity index (χ1v) is 13.4. The van der Waals surface area contributed by atoms with E-state index in [1.807, 2.05) is 19.2 Å². The highest BCUT2D eigenvalue weighted by molar-refractivity contribution is 7.13. The topological polar surface area (TPSA) is 75.8 Å². The van der Waals surface area contributed by atoms with Gasteiger partial charge in [-0.25, -0.2) is 4.98 Å². The van der Waals surface area contributed by atoms with Gasteiger partial charge in [-0.2, -0.15) is 0 Å². The van der Waals surface area contributed by atoms with Crippen LogP contribution >= 0.6 is 11.3 Å². The van der Waals surface area contributed by atoms with Gasteiger partial charge in [-0.05, 0) is 42.0 Å². The molecule has 2 aromatic carbocycles. The molecule has 0 spiro atoms. The second kappa shape index (κ2) is 10.2. The second-order valence-electron chi connectivity index (χ2n) is 9.67. The lowest BCUT2D eigenvalue weighted by Crippen LogP contribution is -2.39. The standard InChI is InChI=1S/C29H32N2O4S/c1-5-19-14-22-27(33)23(29-30-18(4)16-36-29)15-35-28(22)24(26(19)32)25(31-10-12-34-13-11-31)21-8-6-20(7-9-21)17(2)3/h6-9,14-17,25,32H,5,10-13H2,1-4H3/t25-/m0/s1. The molecule has 0 bridgehead atoms. The Morgan fingerprint density at radius 2 is 1.83 bits per heavy atom. The minimum absolute atomic E-state index is 0.127. The fraction of sp³-hybridized carbons (Fsp3) is 0.379. The fourth-order valence-electron chi connectivity index (χ4n) is 4.95. The van der Waals surface area contributed by atoms with E-state index in [4.69, 9.17) is 9.15 Å². The summed E-state index contributed by atoms with van der Waals surface area (Å²) in [7, 11) is 0. The molecular weight excluding hydrogens is 472 g/mol. The number of ether oxygens (including phenoxy) is 1. The molecule has 2 aromatic heterocycles. The van der Waals surface area contributed by atoms with Gasteiger partial charge in [-0.1, -0.05) is 45.0 Å². The smallest absolute Gasteiger partial charge is 0.202 e. The van der Waals surface area contributed by atoms with Crippen molar-refractivity contribution in [2.45, 2.75) is 46.1 Å². The van der Waals surface area contributed by atoms with Crippen molar-refractivity contribution in [1.82, 2.24) is 9.88 Å². The van der Waals surface area contributed by atoms with Crippen LogP contribution in [0.1, 0.15) is 60.7 Å². The van der Waals surface area contributed by atoms with E-state index in [0.29, 0.717) is 65.7 Å². The van der Waals surface area contributed by atoms with Crippen molar-refractivity contribution in [2.75, 3.05) is 26.3 Å². The summed E-state index contributed by atoms with van der Waals surface area (Å²) in [4.78, 5) is 20.5. The van der Waals surface area contributed by atoms with E-state index in [2.05, 4.69) is 48.0 Å². The molecule has 36 heavy (non-hydrogen) atoms. The average molecular weight is 505 g/mol. The van der Waals surface area contributed by atoms with Crippen LogP contribution in [-0.2, 0) is 11.2 Å². The minimum atomic E-state index is -0.278. The Morgan fingerprint density at radius 3 is 2.44 bits per heavy atom. The molecule has 1 aliphatic heterocycles. The highest BCUT2D eigenvalue weighted by atomic mass is 32.1. The number of nitrogens with zero attached hydrogens (tertiary/aromatic N) is 2. The third-order valence-corrected chi connectivity index (χ3v) is 7.98. The number of phenols is 1. The van der Waals surface area contributed by atoms with Gasteiger partial charge >= 0.3 is 0 Å². The van der Waals surface area contributed by atoms with Gasteiger partial charge in [0.1, 0.15) is 22.6 Å². The number of hydrogen-bond acceptors (Lipinski definition) is 7. The predicted molar refractivity (Wildman–Crippen MR) is 144 cm³/mol. The number of phenolic OH excluding ortho intramolecular Hbond substituents is 1. The molecule has 4 aromatic rings. The van der Waals surface area contributed by atoms with Gasteiger partial charge in [0.05, 0.1) is 35.8 Å². The highest BCUT2D eigenvalue weighted by Crippen LogP contribution is 2.42. The van der Waals surface area contributed by atoms with Crippen LogP contribution in [0.4, 0.5) is 0 Å². The van der Waals surface area contributed by atoms with Crippen molar-refractivity contribution in [1.29, 1.82) is 0 Å². The first-order valence-electron chi connectivity index (χ1n) is 12.5. The van der Waals surface area contributed by atoms with Crippen LogP contribution in [0.2, 0.25) is 0 Å². The Bertz CT molecular complexity index is 1430. The summed E-state index contributed by atoms with van der Waals surface area (Å²) >= 11 is 1.43. The maximum absolute atomic E-state index is 13.7. The van der Waals surface area contributed by atoms with E-state index in [1.54, 1.807) is 6.07 Å². The van der Waals surface area contributed by atoms with Crippen molar-refractivity contribution in [3.05, 3.63) is 80.1 Å². The quantitative estimate of drug-likeness (QED) is 0.345. The van der Waals surface area contributed by atoms with Crippen LogP contribution in [0, 0.1) is 6.92 Å². The number of fused-ring (bicyclic) bond motifs is 1. The minimum Gasteiger partial charge on any atom is -0.507 e. The average Bonchev–Trinajstić information content (AvgIpc) is 3.32. The molecule has 0 saturated carbocycles. The summed E-state index contributed by atoms with van der Waals surface area (Å²) in [5, 5.41) is 14.6. The van der Waals surface area contributed by atoms with Crippen LogP contribution < -0.4 is 5.43 Å². The number of thiazole rings is 1. The van der Waals surface area contributed by atoms with Gasteiger partial charge in [0.2, 0.25) is 5.43 Å². The van der Waals surface area contributed by atoms with Crippen molar-refractivity contribution in [3.8, 4) is 16.3 Å². The van der Waals surface area contributed by atoms with E-state index >= 15 is 0 Å². The number of aromatic nitrogens is 1. The normalized spacial score (nSPS) is 15.6. The molecule has 188 valence electrons. The number of morpholine rings is 1. The van der Waals surface area contributed by atoms with Crippen LogP contribution in [0.3, 0.4) is 0 Å². The van der Waals surface area contributed by atoms with Gasteiger partial charge in [0, 0.05) is 24.2 Å². The molecule has 5 rings (SSSR count). The Labute approximate surface area is 215 Å². The lowest BCUT2D eigenvalue weighted by Gasteiger charge is -2.36. The number of benzene rings is 2. The molecule has 0 aliphatic carbocycles. The first-order chi connectivity index (χ1) is 17.4. The summed E-state index contributed by atoms with van der Waals surface area (Å²) < 4.78 is 11.8. The Kier molecular flexibility index (Phi) is 6.97. The summed E-state index contributed by atoms with van der Waals surface area (Å²) in [5.41, 5.74) is 5.29. The van der Waals surface area contributed by atoms with Crippen molar-refractivity contribution >= 4 is 22.3 Å². The molecule has 0 unspecified atom stereocenters. The molecule has 1 fully saturated rings. The van der Waals surface area contributed by atoms with E-state index in [-0.39, 0.29) is 17.2 Å². The van der Waals surface area contributed by atoms with Crippen LogP contribution in [0.15, 0.2) is 51.2 Å². The van der Waals surface area contributed by atoms with Gasteiger partial charge in [-0.15, -0.1) is 11.3 Å². The molecule has 1 atom stereocenters. The maximum atomic E-state index is 13.7. The molecule has 6 nitrogen and oxygen atoms in total. The summed E-state index contributed by atoms with van der Waals surface area (Å²) in [6.07, 6.45) is 2.09. The maximum Gasteiger partial charge on any atom is 0.202 e. The summed E-state index contributed by atoms with van der Waals surface area (Å²) in [6.45, 7) is 10.9. The number of hydrogen-bond donors (Lipinski definition) is 1. The molecule has 0 amide bonds. The third kappa shape index (κ3) is 4.47. The zero-order valence-electron chi connectivity index (χ0n) is 21.2.